The monoisotopic (exact) mass is 496 g/mol. The molecule has 1 fully saturated rings. The van der Waals surface area contributed by atoms with Crippen LogP contribution in [0.1, 0.15) is 53.0 Å². The Hall–Kier alpha value is -2.17. The average molecular weight is 497 g/mol. The molecule has 0 saturated heterocycles. The van der Waals surface area contributed by atoms with Gasteiger partial charge in [-0.2, -0.15) is 4.31 Å². The number of aromatic nitrogens is 1. The fourth-order valence-corrected chi connectivity index (χ4v) is 5.59. The molecule has 0 radical (unpaired) electrons. The predicted molar refractivity (Wildman–Crippen MR) is 116 cm³/mol. The van der Waals surface area contributed by atoms with Gasteiger partial charge in [-0.1, -0.05) is 25.3 Å². The average Bonchev–Trinajstić information content (AvgIpc) is 3.09. The summed E-state index contributed by atoms with van der Waals surface area (Å²) >= 11 is 3.29. The van der Waals surface area contributed by atoms with Gasteiger partial charge in [0.2, 0.25) is 10.0 Å². The van der Waals surface area contributed by atoms with Crippen LogP contribution in [0.15, 0.2) is 45.9 Å². The molecule has 0 spiro atoms. The van der Waals surface area contributed by atoms with E-state index in [2.05, 4.69) is 26.8 Å². The number of amides is 2. The second-order valence-corrected chi connectivity index (χ2v) is 10.3. The van der Waals surface area contributed by atoms with Crippen molar-refractivity contribution in [1.29, 1.82) is 0 Å². The number of carbonyl (C=O) groups excluding carboxylic acids is 2. The number of carbonyl (C=O) groups is 2. The molecule has 1 aromatic heterocycles. The summed E-state index contributed by atoms with van der Waals surface area (Å²) in [5.74, 6) is -1.09. The van der Waals surface area contributed by atoms with Crippen molar-refractivity contribution >= 4 is 37.8 Å². The van der Waals surface area contributed by atoms with Crippen LogP contribution in [0.25, 0.3) is 0 Å². The smallest absolute Gasteiger partial charge is 0.286 e. The zero-order valence-electron chi connectivity index (χ0n) is 16.9. The van der Waals surface area contributed by atoms with Crippen molar-refractivity contribution in [1.82, 2.24) is 19.7 Å². The van der Waals surface area contributed by atoms with Gasteiger partial charge in [-0.25, -0.2) is 8.42 Å². The van der Waals surface area contributed by atoms with Crippen molar-refractivity contribution in [2.45, 2.75) is 43.0 Å². The van der Waals surface area contributed by atoms with Gasteiger partial charge in [0, 0.05) is 36.4 Å². The second-order valence-electron chi connectivity index (χ2n) is 7.40. The topological polar surface area (TPSA) is 101 Å². The molecule has 1 aliphatic rings. The molecule has 10 heteroatoms. The molecule has 1 aliphatic carbocycles. The highest BCUT2D eigenvalue weighted by Gasteiger charge is 2.29. The van der Waals surface area contributed by atoms with Crippen LogP contribution in [-0.4, -0.2) is 42.2 Å². The summed E-state index contributed by atoms with van der Waals surface area (Å²) in [4.78, 5) is 24.8. The molecule has 1 heterocycles. The molecule has 3 rings (SSSR count). The Kier molecular flexibility index (Phi) is 6.99. The van der Waals surface area contributed by atoms with Crippen molar-refractivity contribution in [3.63, 3.8) is 0 Å². The summed E-state index contributed by atoms with van der Waals surface area (Å²) in [6.45, 7) is 0. The third-order valence-corrected chi connectivity index (χ3v) is 7.70. The van der Waals surface area contributed by atoms with Crippen LogP contribution in [0.5, 0.6) is 0 Å². The first-order chi connectivity index (χ1) is 14.2. The highest BCUT2D eigenvalue weighted by Crippen LogP contribution is 2.26. The number of hydrogen-bond acceptors (Lipinski definition) is 4. The Morgan fingerprint density at radius 2 is 1.77 bits per heavy atom. The van der Waals surface area contributed by atoms with Crippen LogP contribution in [0.2, 0.25) is 0 Å². The molecular weight excluding hydrogens is 472 g/mol. The normalized spacial score (nSPS) is 15.2. The molecule has 0 atom stereocenters. The number of aryl methyl sites for hydroxylation is 1. The summed E-state index contributed by atoms with van der Waals surface area (Å²) in [7, 11) is -0.414. The highest BCUT2D eigenvalue weighted by atomic mass is 79.9. The van der Waals surface area contributed by atoms with E-state index >= 15 is 0 Å². The van der Waals surface area contributed by atoms with Gasteiger partial charge in [0.15, 0.2) is 0 Å². The number of nitrogens with one attached hydrogen (secondary N) is 2. The molecule has 1 aromatic carbocycles. The van der Waals surface area contributed by atoms with E-state index in [1.165, 1.54) is 28.6 Å². The largest absolute Gasteiger partial charge is 0.345 e. The quantitative estimate of drug-likeness (QED) is 0.621. The maximum Gasteiger partial charge on any atom is 0.286 e. The summed E-state index contributed by atoms with van der Waals surface area (Å²) in [6.07, 6.45) is 6.57. The highest BCUT2D eigenvalue weighted by molar-refractivity contribution is 9.10. The molecule has 8 nitrogen and oxygen atoms in total. The minimum absolute atomic E-state index is 0.0230. The van der Waals surface area contributed by atoms with Crippen molar-refractivity contribution in [3.05, 3.63) is 52.3 Å². The van der Waals surface area contributed by atoms with Gasteiger partial charge in [0.1, 0.15) is 5.69 Å². The van der Waals surface area contributed by atoms with Gasteiger partial charge in [-0.15, -0.1) is 0 Å². The number of halogens is 1. The van der Waals surface area contributed by atoms with Crippen molar-refractivity contribution < 1.29 is 18.0 Å². The summed E-state index contributed by atoms with van der Waals surface area (Å²) in [5.41, 5.74) is 5.17. The lowest BCUT2D eigenvalue weighted by molar-refractivity contribution is 0.0842. The first kappa shape index (κ1) is 22.5. The van der Waals surface area contributed by atoms with Gasteiger partial charge in [-0.05, 0) is 53.0 Å². The Labute approximate surface area is 184 Å². The van der Waals surface area contributed by atoms with E-state index < -0.39 is 21.8 Å². The molecule has 1 saturated carbocycles. The van der Waals surface area contributed by atoms with E-state index in [1.54, 1.807) is 30.9 Å². The predicted octanol–water partition coefficient (Wildman–Crippen LogP) is 2.82. The number of benzene rings is 1. The van der Waals surface area contributed by atoms with E-state index in [0.717, 1.165) is 36.6 Å². The Bertz CT molecular complexity index is 1040. The Morgan fingerprint density at radius 1 is 1.10 bits per heavy atom. The molecule has 0 aliphatic heterocycles. The van der Waals surface area contributed by atoms with Gasteiger partial charge < -0.3 is 4.57 Å². The fourth-order valence-electron chi connectivity index (χ4n) is 3.60. The third kappa shape index (κ3) is 4.93. The number of rotatable bonds is 5. The van der Waals surface area contributed by atoms with E-state index in [9.17, 15) is 18.0 Å². The molecular formula is C20H25BrN4O4S. The van der Waals surface area contributed by atoms with Gasteiger partial charge >= 0.3 is 0 Å². The lowest BCUT2D eigenvalue weighted by Crippen LogP contribution is -2.42. The van der Waals surface area contributed by atoms with Crippen LogP contribution >= 0.6 is 15.9 Å². The van der Waals surface area contributed by atoms with E-state index in [1.807, 2.05) is 0 Å². The lowest BCUT2D eigenvalue weighted by atomic mass is 9.96. The number of nitrogens with zero attached hydrogens (tertiary/aromatic N) is 2. The van der Waals surface area contributed by atoms with Crippen molar-refractivity contribution in [2.24, 2.45) is 7.05 Å². The lowest BCUT2D eigenvalue weighted by Gasteiger charge is -2.30. The van der Waals surface area contributed by atoms with Crippen LogP contribution in [-0.2, 0) is 17.1 Å². The first-order valence-corrected chi connectivity index (χ1v) is 11.9. The Morgan fingerprint density at radius 3 is 2.40 bits per heavy atom. The van der Waals surface area contributed by atoms with Crippen LogP contribution in [0, 0.1) is 0 Å². The third-order valence-electron chi connectivity index (χ3n) is 5.36. The molecule has 30 heavy (non-hydrogen) atoms. The number of sulfonamides is 1. The molecule has 162 valence electrons. The first-order valence-electron chi connectivity index (χ1n) is 9.71. The second kappa shape index (κ2) is 9.32. The number of hydrazine groups is 1. The summed E-state index contributed by atoms with van der Waals surface area (Å²) in [5, 5.41) is 0. The maximum atomic E-state index is 13.0. The van der Waals surface area contributed by atoms with Crippen LogP contribution < -0.4 is 10.9 Å². The van der Waals surface area contributed by atoms with Crippen LogP contribution in [0.4, 0.5) is 0 Å². The van der Waals surface area contributed by atoms with Crippen LogP contribution in [0.3, 0.4) is 0 Å². The SMILES string of the molecule is CN(C1CCCCC1)S(=O)(=O)c1cccc(C(=O)NNC(=O)c2cc(Br)cn2C)c1. The molecule has 2 amide bonds. The minimum Gasteiger partial charge on any atom is -0.345 e. The summed E-state index contributed by atoms with van der Waals surface area (Å²) in [6, 6.07) is 7.42. The molecule has 2 N–H and O–H groups in total. The molecule has 0 bridgehead atoms. The molecule has 2 aromatic rings. The van der Waals surface area contributed by atoms with E-state index in [4.69, 9.17) is 0 Å². The van der Waals surface area contributed by atoms with Gasteiger partial charge in [0.25, 0.3) is 11.8 Å². The maximum absolute atomic E-state index is 13.0. The van der Waals surface area contributed by atoms with Crippen molar-refractivity contribution in [3.8, 4) is 0 Å². The number of hydrogen-bond donors (Lipinski definition) is 2. The van der Waals surface area contributed by atoms with E-state index in [-0.39, 0.29) is 16.5 Å². The zero-order chi connectivity index (χ0) is 21.9. The minimum atomic E-state index is -3.71. The van der Waals surface area contributed by atoms with Crippen molar-refractivity contribution in [2.75, 3.05) is 7.05 Å². The Balaban J connectivity index is 1.70. The van der Waals surface area contributed by atoms with E-state index in [0.29, 0.717) is 5.69 Å². The standard InChI is InChI=1S/C20H25BrN4O4S/c1-24-13-15(21)12-18(24)20(27)23-22-19(26)14-7-6-10-17(11-14)30(28,29)25(2)16-8-4-3-5-9-16/h6-7,10-13,16H,3-5,8-9H2,1-2H3,(H,22,26)(H,23,27). The summed E-state index contributed by atoms with van der Waals surface area (Å²) < 4.78 is 29.8. The van der Waals surface area contributed by atoms with Gasteiger partial charge in [0.05, 0.1) is 4.90 Å². The van der Waals surface area contributed by atoms with Gasteiger partial charge in [-0.3, -0.25) is 20.4 Å². The fraction of sp³-hybridized carbons (Fsp3) is 0.400. The zero-order valence-corrected chi connectivity index (χ0v) is 19.3. The molecule has 0 unspecified atom stereocenters.